The van der Waals surface area contributed by atoms with Crippen molar-refractivity contribution < 1.29 is 4.79 Å². The highest BCUT2D eigenvalue weighted by Crippen LogP contribution is 2.24. The molecule has 0 fully saturated rings. The number of aromatic nitrogens is 3. The first-order chi connectivity index (χ1) is 14.5. The van der Waals surface area contributed by atoms with Crippen molar-refractivity contribution in [1.82, 2.24) is 20.3 Å². The van der Waals surface area contributed by atoms with Crippen molar-refractivity contribution in [1.29, 1.82) is 0 Å². The van der Waals surface area contributed by atoms with Gasteiger partial charge in [0.1, 0.15) is 5.69 Å². The van der Waals surface area contributed by atoms with E-state index in [1.165, 1.54) is 30.0 Å². The van der Waals surface area contributed by atoms with Gasteiger partial charge in [-0.1, -0.05) is 26.0 Å². The molecule has 0 saturated heterocycles. The lowest BCUT2D eigenvalue weighted by molar-refractivity contribution is 0.0924. The molecule has 0 radical (unpaired) electrons. The molecule has 0 aliphatic heterocycles. The number of aryl methyl sites for hydroxylation is 2. The van der Waals surface area contributed by atoms with E-state index in [0.717, 1.165) is 12.8 Å². The van der Waals surface area contributed by atoms with E-state index in [9.17, 15) is 9.59 Å². The summed E-state index contributed by atoms with van der Waals surface area (Å²) < 4.78 is 0. The average molecular weight is 402 g/mol. The fourth-order valence-electron chi connectivity index (χ4n) is 3.94. The fraction of sp³-hybridized carbons (Fsp3) is 0.333. The minimum atomic E-state index is -0.390. The molecule has 6 heteroatoms. The monoisotopic (exact) mass is 402 g/mol. The molecular weight excluding hydrogens is 376 g/mol. The van der Waals surface area contributed by atoms with Gasteiger partial charge in [0.2, 0.25) is 0 Å². The second-order valence-electron chi connectivity index (χ2n) is 8.12. The largest absolute Gasteiger partial charge is 0.343 e. The molecule has 0 spiro atoms. The van der Waals surface area contributed by atoms with Crippen LogP contribution in [0.2, 0.25) is 0 Å². The molecule has 0 saturated carbocycles. The Balaban J connectivity index is 1.62. The SMILES string of the molecule is CC(C)[C@@H](NC(=O)c1ccc2c(c1)CCCC2)c1cc(=O)[nH]c(-c2ccccn2)n1. The molecule has 154 valence electrons. The number of carbonyl (C=O) groups excluding carboxylic acids is 1. The Morgan fingerprint density at radius 3 is 2.60 bits per heavy atom. The van der Waals surface area contributed by atoms with Crippen LogP contribution in [0, 0.1) is 5.92 Å². The Bertz CT molecular complexity index is 1110. The number of nitrogens with one attached hydrogen (secondary N) is 2. The van der Waals surface area contributed by atoms with E-state index >= 15 is 0 Å². The predicted molar refractivity (Wildman–Crippen MR) is 116 cm³/mol. The van der Waals surface area contributed by atoms with Crippen molar-refractivity contribution in [3.8, 4) is 11.5 Å². The Kier molecular flexibility index (Phi) is 5.74. The van der Waals surface area contributed by atoms with Crippen LogP contribution < -0.4 is 10.9 Å². The summed E-state index contributed by atoms with van der Waals surface area (Å²) in [5.41, 5.74) is 4.10. The van der Waals surface area contributed by atoms with Gasteiger partial charge in [0.15, 0.2) is 5.82 Å². The second kappa shape index (κ2) is 8.61. The Labute approximate surface area is 175 Å². The molecule has 1 aliphatic rings. The third kappa shape index (κ3) is 4.32. The van der Waals surface area contributed by atoms with Crippen LogP contribution in [0.4, 0.5) is 0 Å². The molecule has 30 heavy (non-hydrogen) atoms. The fourth-order valence-corrected chi connectivity index (χ4v) is 3.94. The molecule has 0 bridgehead atoms. The summed E-state index contributed by atoms with van der Waals surface area (Å²) in [6.07, 6.45) is 6.13. The van der Waals surface area contributed by atoms with E-state index in [1.807, 2.05) is 32.0 Å². The minimum Gasteiger partial charge on any atom is -0.343 e. The summed E-state index contributed by atoms with van der Waals surface area (Å²) in [6.45, 7) is 4.00. The quantitative estimate of drug-likeness (QED) is 0.679. The van der Waals surface area contributed by atoms with E-state index in [4.69, 9.17) is 0 Å². The molecule has 4 rings (SSSR count). The molecule has 6 nitrogen and oxygen atoms in total. The topological polar surface area (TPSA) is 87.7 Å². The predicted octanol–water partition coefficient (Wildman–Crippen LogP) is 3.84. The highest BCUT2D eigenvalue weighted by Gasteiger charge is 2.23. The van der Waals surface area contributed by atoms with Gasteiger partial charge in [-0.25, -0.2) is 4.98 Å². The highest BCUT2D eigenvalue weighted by atomic mass is 16.1. The number of H-pyrrole nitrogens is 1. The van der Waals surface area contributed by atoms with Crippen LogP contribution in [0.25, 0.3) is 11.5 Å². The van der Waals surface area contributed by atoms with Gasteiger partial charge in [-0.05, 0) is 67.0 Å². The smallest absolute Gasteiger partial charge is 0.251 e. The molecule has 1 aliphatic carbocycles. The molecule has 2 heterocycles. The van der Waals surface area contributed by atoms with Crippen LogP contribution in [-0.4, -0.2) is 20.9 Å². The number of aromatic amines is 1. The Morgan fingerprint density at radius 2 is 1.87 bits per heavy atom. The van der Waals surface area contributed by atoms with Crippen molar-refractivity contribution in [2.45, 2.75) is 45.6 Å². The molecule has 2 N–H and O–H groups in total. The number of carbonyl (C=O) groups is 1. The molecule has 1 aromatic carbocycles. The van der Waals surface area contributed by atoms with Gasteiger partial charge in [0.05, 0.1) is 11.7 Å². The summed E-state index contributed by atoms with van der Waals surface area (Å²) >= 11 is 0. The lowest BCUT2D eigenvalue weighted by Gasteiger charge is -2.23. The van der Waals surface area contributed by atoms with Gasteiger partial charge in [-0.3, -0.25) is 14.6 Å². The standard InChI is InChI=1S/C24H26N4O2/c1-15(2)22(20-14-21(29)27-23(26-20)19-9-5-6-12-25-19)28-24(30)18-11-10-16-7-3-4-8-17(16)13-18/h5-6,9-15,22H,3-4,7-8H2,1-2H3,(H,28,30)(H,26,27,29)/t22-/m1/s1. The molecule has 1 atom stereocenters. The Hall–Kier alpha value is -3.28. The summed E-state index contributed by atoms with van der Waals surface area (Å²) in [4.78, 5) is 36.9. The molecule has 3 aromatic rings. The lowest BCUT2D eigenvalue weighted by Crippen LogP contribution is -2.33. The van der Waals surface area contributed by atoms with Crippen molar-refractivity contribution in [3.63, 3.8) is 0 Å². The maximum Gasteiger partial charge on any atom is 0.251 e. The first-order valence-electron chi connectivity index (χ1n) is 10.5. The zero-order chi connectivity index (χ0) is 21.1. The highest BCUT2D eigenvalue weighted by molar-refractivity contribution is 5.94. The van der Waals surface area contributed by atoms with Crippen LogP contribution in [0.3, 0.4) is 0 Å². The molecular formula is C24H26N4O2. The zero-order valence-corrected chi connectivity index (χ0v) is 17.3. The zero-order valence-electron chi connectivity index (χ0n) is 17.3. The number of hydrogen-bond donors (Lipinski definition) is 2. The minimum absolute atomic E-state index is 0.0532. The third-order valence-corrected chi connectivity index (χ3v) is 5.55. The van der Waals surface area contributed by atoms with Gasteiger partial charge in [0.25, 0.3) is 11.5 Å². The van der Waals surface area contributed by atoms with E-state index in [0.29, 0.717) is 22.8 Å². The van der Waals surface area contributed by atoms with Crippen molar-refractivity contribution in [2.24, 2.45) is 5.92 Å². The van der Waals surface area contributed by atoms with E-state index in [2.05, 4.69) is 26.3 Å². The number of rotatable bonds is 5. The van der Waals surface area contributed by atoms with Crippen LogP contribution in [0.1, 0.15) is 59.9 Å². The van der Waals surface area contributed by atoms with Gasteiger partial charge >= 0.3 is 0 Å². The summed E-state index contributed by atoms with van der Waals surface area (Å²) in [6, 6.07) is 12.5. The lowest BCUT2D eigenvalue weighted by atomic mass is 9.90. The van der Waals surface area contributed by atoms with Crippen molar-refractivity contribution in [2.75, 3.05) is 0 Å². The molecule has 2 aromatic heterocycles. The van der Waals surface area contributed by atoms with E-state index in [-0.39, 0.29) is 17.4 Å². The molecule has 0 unspecified atom stereocenters. The number of benzene rings is 1. The number of amides is 1. The van der Waals surface area contributed by atoms with Gasteiger partial charge < -0.3 is 10.3 Å². The van der Waals surface area contributed by atoms with Crippen molar-refractivity contribution >= 4 is 5.91 Å². The average Bonchev–Trinajstić information content (AvgIpc) is 2.77. The Morgan fingerprint density at radius 1 is 1.07 bits per heavy atom. The normalized spacial score (nSPS) is 14.2. The van der Waals surface area contributed by atoms with Crippen LogP contribution >= 0.6 is 0 Å². The second-order valence-corrected chi connectivity index (χ2v) is 8.12. The number of pyridine rings is 1. The molecule has 1 amide bonds. The van der Waals surface area contributed by atoms with Crippen LogP contribution in [-0.2, 0) is 12.8 Å². The number of nitrogens with zero attached hydrogens (tertiary/aromatic N) is 2. The maximum atomic E-state index is 13.0. The number of fused-ring (bicyclic) bond motifs is 1. The summed E-state index contributed by atoms with van der Waals surface area (Å²) in [5, 5.41) is 3.09. The first kappa shape index (κ1) is 20.0. The third-order valence-electron chi connectivity index (χ3n) is 5.55. The van der Waals surface area contributed by atoms with Crippen molar-refractivity contribution in [3.05, 3.63) is 81.4 Å². The first-order valence-corrected chi connectivity index (χ1v) is 10.5. The van der Waals surface area contributed by atoms with Gasteiger partial charge in [-0.15, -0.1) is 0 Å². The van der Waals surface area contributed by atoms with Gasteiger partial charge in [0, 0.05) is 17.8 Å². The van der Waals surface area contributed by atoms with Crippen LogP contribution in [0.5, 0.6) is 0 Å². The van der Waals surface area contributed by atoms with Gasteiger partial charge in [-0.2, -0.15) is 0 Å². The number of hydrogen-bond acceptors (Lipinski definition) is 4. The maximum absolute atomic E-state index is 13.0. The van der Waals surface area contributed by atoms with E-state index in [1.54, 1.807) is 18.3 Å². The van der Waals surface area contributed by atoms with E-state index < -0.39 is 6.04 Å². The summed E-state index contributed by atoms with van der Waals surface area (Å²) in [5.74, 6) is 0.299. The van der Waals surface area contributed by atoms with Crippen LogP contribution in [0.15, 0.2) is 53.5 Å². The summed E-state index contributed by atoms with van der Waals surface area (Å²) in [7, 11) is 0.